The lowest BCUT2D eigenvalue weighted by Crippen LogP contribution is -2.62. The molecule has 9 heteroatoms. The molecule has 3 saturated carbocycles. The Balaban J connectivity index is 1.46. The van der Waals surface area contributed by atoms with Gasteiger partial charge >= 0.3 is 0 Å². The third kappa shape index (κ3) is 3.67. The van der Waals surface area contributed by atoms with E-state index in [-0.39, 0.29) is 30.4 Å². The summed E-state index contributed by atoms with van der Waals surface area (Å²) in [6.45, 7) is 1.71. The topological polar surface area (TPSA) is 122 Å². The van der Waals surface area contributed by atoms with Gasteiger partial charge in [-0.05, 0) is 68.1 Å². The Bertz CT molecular complexity index is 1300. The molecule has 3 aliphatic rings. The molecule has 0 spiro atoms. The molecule has 5 rings (SSSR count). The molecular formula is C23H25N3O5S. The molecule has 168 valence electrons. The van der Waals surface area contributed by atoms with Gasteiger partial charge in [0.05, 0.1) is 11.7 Å². The quantitative estimate of drug-likeness (QED) is 0.342. The van der Waals surface area contributed by atoms with E-state index in [1.807, 2.05) is 18.2 Å². The summed E-state index contributed by atoms with van der Waals surface area (Å²) in [6.07, 6.45) is 5.48. The molecule has 1 atom stereocenters. The van der Waals surface area contributed by atoms with Gasteiger partial charge in [0.25, 0.3) is 5.91 Å². The number of aryl methyl sites for hydroxylation is 1. The molecule has 1 unspecified atom stereocenters. The maximum atomic E-state index is 12.1. The van der Waals surface area contributed by atoms with Gasteiger partial charge in [-0.15, -0.1) is 0 Å². The van der Waals surface area contributed by atoms with Gasteiger partial charge in [-0.25, -0.2) is 13.9 Å². The molecule has 0 aliphatic heterocycles. The van der Waals surface area contributed by atoms with Crippen molar-refractivity contribution < 1.29 is 23.5 Å². The third-order valence-corrected chi connectivity index (χ3v) is 8.94. The number of aliphatic hydroxyl groups is 1. The first-order valence-electron chi connectivity index (χ1n) is 10.3. The zero-order chi connectivity index (χ0) is 23.2. The van der Waals surface area contributed by atoms with Gasteiger partial charge in [0.15, 0.2) is 14.6 Å². The predicted molar refractivity (Wildman–Crippen MR) is 118 cm³/mol. The average molecular weight is 456 g/mol. The standard InChI is InChI=1S/C23H25N3O5S/c1-21(20(28)25-29,32(2,30)31)9-10-26-19-7-6-17(11-18(19)12-24-26)5-3-4-8-22-13-23(14-22,15-22)16-27/h6-7,11-12,27,29H,9-10,13-16H2,1-2H3,(H,25,28). The zero-order valence-electron chi connectivity index (χ0n) is 18.0. The van der Waals surface area contributed by atoms with E-state index in [1.54, 1.807) is 10.9 Å². The van der Waals surface area contributed by atoms with Crippen LogP contribution in [0.15, 0.2) is 24.4 Å². The largest absolute Gasteiger partial charge is 0.396 e. The Labute approximate surface area is 186 Å². The Morgan fingerprint density at radius 2 is 2.03 bits per heavy atom. The van der Waals surface area contributed by atoms with Crippen LogP contribution in [0.3, 0.4) is 0 Å². The number of aliphatic hydroxyl groups excluding tert-OH is 1. The molecule has 1 heterocycles. The smallest absolute Gasteiger partial charge is 0.264 e. The van der Waals surface area contributed by atoms with Crippen LogP contribution < -0.4 is 5.48 Å². The maximum absolute atomic E-state index is 12.1. The summed E-state index contributed by atoms with van der Waals surface area (Å²) < 4.78 is 24.1. The molecule has 3 fully saturated rings. The number of carbonyl (C=O) groups excluding carboxylic acids is 1. The molecule has 8 nitrogen and oxygen atoms in total. The van der Waals surface area contributed by atoms with E-state index in [2.05, 4.69) is 28.8 Å². The normalized spacial score (nSPS) is 25.2. The minimum atomic E-state index is -3.77. The van der Waals surface area contributed by atoms with E-state index in [9.17, 15) is 18.3 Å². The van der Waals surface area contributed by atoms with Gasteiger partial charge < -0.3 is 5.11 Å². The fourth-order valence-corrected chi connectivity index (χ4v) is 5.66. The summed E-state index contributed by atoms with van der Waals surface area (Å²) in [7, 11) is -3.77. The second-order valence-corrected chi connectivity index (χ2v) is 11.7. The number of benzene rings is 1. The second kappa shape index (κ2) is 7.63. The van der Waals surface area contributed by atoms with Crippen molar-refractivity contribution in [3.63, 3.8) is 0 Å². The van der Waals surface area contributed by atoms with Gasteiger partial charge in [0.1, 0.15) is 0 Å². The van der Waals surface area contributed by atoms with Gasteiger partial charge in [-0.1, -0.05) is 11.8 Å². The van der Waals surface area contributed by atoms with Crippen molar-refractivity contribution >= 4 is 26.6 Å². The van der Waals surface area contributed by atoms with Crippen LogP contribution in [0.5, 0.6) is 0 Å². The van der Waals surface area contributed by atoms with Crippen LogP contribution in [0.4, 0.5) is 0 Å². The van der Waals surface area contributed by atoms with E-state index in [0.29, 0.717) is 0 Å². The first-order valence-corrected chi connectivity index (χ1v) is 12.2. The molecule has 2 aromatic rings. The highest BCUT2D eigenvalue weighted by atomic mass is 32.2. The first-order chi connectivity index (χ1) is 15.1. The van der Waals surface area contributed by atoms with Crippen LogP contribution in [0.25, 0.3) is 10.9 Å². The van der Waals surface area contributed by atoms with Crippen molar-refractivity contribution in [3.8, 4) is 23.7 Å². The van der Waals surface area contributed by atoms with Crippen molar-refractivity contribution in [2.24, 2.45) is 10.8 Å². The summed E-state index contributed by atoms with van der Waals surface area (Å²) in [5.74, 6) is 11.1. The number of hydrogen-bond donors (Lipinski definition) is 3. The second-order valence-electron chi connectivity index (χ2n) is 9.30. The fourth-order valence-electron chi connectivity index (χ4n) is 4.81. The predicted octanol–water partition coefficient (Wildman–Crippen LogP) is 1.25. The van der Waals surface area contributed by atoms with E-state index < -0.39 is 20.5 Å². The van der Waals surface area contributed by atoms with Crippen LogP contribution in [0.2, 0.25) is 0 Å². The van der Waals surface area contributed by atoms with Gasteiger partial charge in [-0.2, -0.15) is 5.10 Å². The highest BCUT2D eigenvalue weighted by Crippen LogP contribution is 2.72. The van der Waals surface area contributed by atoms with E-state index in [0.717, 1.165) is 42.0 Å². The number of sulfone groups is 1. The number of nitrogens with one attached hydrogen (secondary N) is 1. The lowest BCUT2D eigenvalue weighted by atomic mass is 9.36. The van der Waals surface area contributed by atoms with Crippen molar-refractivity contribution in [1.29, 1.82) is 0 Å². The molecule has 1 aromatic carbocycles. The SMILES string of the molecule is CC(CCn1ncc2cc(C#CC#CC34CC(CO)(C3)C4)ccc21)(C(=O)NO)S(C)(=O)=O. The number of carbonyl (C=O) groups is 1. The molecular weight excluding hydrogens is 430 g/mol. The van der Waals surface area contributed by atoms with E-state index >= 15 is 0 Å². The van der Waals surface area contributed by atoms with Crippen LogP contribution in [-0.2, 0) is 21.2 Å². The van der Waals surface area contributed by atoms with Crippen LogP contribution in [0.1, 0.15) is 38.2 Å². The highest BCUT2D eigenvalue weighted by molar-refractivity contribution is 7.92. The van der Waals surface area contributed by atoms with Crippen molar-refractivity contribution in [3.05, 3.63) is 30.0 Å². The van der Waals surface area contributed by atoms with Gasteiger partial charge in [-0.3, -0.25) is 14.7 Å². The Hall–Kier alpha value is -2.85. The number of rotatable bonds is 6. The van der Waals surface area contributed by atoms with Gasteiger partial charge in [0.2, 0.25) is 0 Å². The van der Waals surface area contributed by atoms with Crippen molar-refractivity contribution in [1.82, 2.24) is 15.3 Å². The summed E-state index contributed by atoms with van der Waals surface area (Å²) in [5, 5.41) is 23.4. The monoisotopic (exact) mass is 455 g/mol. The molecule has 0 radical (unpaired) electrons. The summed E-state index contributed by atoms with van der Waals surface area (Å²) in [4.78, 5) is 12.0. The third-order valence-electron chi connectivity index (χ3n) is 6.92. The molecule has 2 bridgehead atoms. The van der Waals surface area contributed by atoms with Gasteiger partial charge in [0, 0.05) is 35.8 Å². The summed E-state index contributed by atoms with van der Waals surface area (Å²) >= 11 is 0. The first kappa shape index (κ1) is 22.3. The zero-order valence-corrected chi connectivity index (χ0v) is 18.8. The minimum absolute atomic E-state index is 0.0501. The summed E-state index contributed by atoms with van der Waals surface area (Å²) in [6, 6.07) is 5.56. The molecule has 3 N–H and O–H groups in total. The van der Waals surface area contributed by atoms with Crippen molar-refractivity contribution in [2.75, 3.05) is 12.9 Å². The summed E-state index contributed by atoms with van der Waals surface area (Å²) in [5.41, 5.74) is 3.22. The number of amides is 1. The number of fused-ring (bicyclic) bond motifs is 1. The molecule has 1 aromatic heterocycles. The molecule has 1 amide bonds. The Kier molecular flexibility index (Phi) is 5.33. The van der Waals surface area contributed by atoms with Crippen LogP contribution >= 0.6 is 0 Å². The van der Waals surface area contributed by atoms with Crippen LogP contribution in [-0.4, -0.2) is 52.0 Å². The number of hydrogen-bond acceptors (Lipinski definition) is 6. The minimum Gasteiger partial charge on any atom is -0.396 e. The fraction of sp³-hybridized carbons (Fsp3) is 0.478. The lowest BCUT2D eigenvalue weighted by molar-refractivity contribution is -0.185. The lowest BCUT2D eigenvalue weighted by Gasteiger charge is -2.67. The Morgan fingerprint density at radius 3 is 2.66 bits per heavy atom. The number of nitrogens with zero attached hydrogens (tertiary/aromatic N) is 2. The van der Waals surface area contributed by atoms with Crippen molar-refractivity contribution in [2.45, 2.75) is 43.9 Å². The molecule has 32 heavy (non-hydrogen) atoms. The molecule has 0 saturated heterocycles. The molecule has 3 aliphatic carbocycles. The van der Waals surface area contributed by atoms with E-state index in [1.165, 1.54) is 12.4 Å². The highest BCUT2D eigenvalue weighted by Gasteiger charge is 2.66. The number of aromatic nitrogens is 2. The average Bonchev–Trinajstić information content (AvgIpc) is 3.10. The van der Waals surface area contributed by atoms with Crippen LogP contribution in [0, 0.1) is 34.5 Å². The number of hydroxylamine groups is 1. The Morgan fingerprint density at radius 1 is 1.31 bits per heavy atom. The van der Waals surface area contributed by atoms with E-state index in [4.69, 9.17) is 5.21 Å². The maximum Gasteiger partial charge on any atom is 0.264 e.